The highest BCUT2D eigenvalue weighted by Crippen LogP contribution is 2.26. The molecule has 0 saturated carbocycles. The molecular weight excluding hydrogens is 218 g/mol. The zero-order valence-electron chi connectivity index (χ0n) is 10.3. The van der Waals surface area contributed by atoms with E-state index in [9.17, 15) is 0 Å². The lowest BCUT2D eigenvalue weighted by molar-refractivity contribution is 0.105. The third-order valence-electron chi connectivity index (χ3n) is 2.83. The Morgan fingerprint density at radius 3 is 2.82 bits per heavy atom. The Kier molecular flexibility index (Phi) is 3.19. The van der Waals surface area contributed by atoms with Crippen molar-refractivity contribution >= 4 is 17.0 Å². The predicted octanol–water partition coefficient (Wildman–Crippen LogP) is 1.66. The Balaban J connectivity index is 2.52. The van der Waals surface area contributed by atoms with E-state index in [2.05, 4.69) is 4.98 Å². The van der Waals surface area contributed by atoms with Gasteiger partial charge in [0.1, 0.15) is 11.3 Å². The van der Waals surface area contributed by atoms with Crippen LogP contribution < -0.4 is 10.5 Å². The Labute approximate surface area is 100 Å². The first-order valence-corrected chi connectivity index (χ1v) is 5.49. The van der Waals surface area contributed by atoms with E-state index in [0.29, 0.717) is 12.5 Å². The molecule has 0 aliphatic carbocycles. The molecule has 0 spiro atoms. The molecule has 0 amide bonds. The number of aromatic nitrogens is 2. The third kappa shape index (κ3) is 2.06. The van der Waals surface area contributed by atoms with Gasteiger partial charge in [-0.15, -0.1) is 0 Å². The highest BCUT2D eigenvalue weighted by atomic mass is 16.5. The van der Waals surface area contributed by atoms with Crippen molar-refractivity contribution in [3.8, 4) is 5.75 Å². The van der Waals surface area contributed by atoms with Crippen LogP contribution in [0.25, 0.3) is 11.0 Å². The van der Waals surface area contributed by atoms with Gasteiger partial charge in [-0.05, 0) is 19.1 Å². The van der Waals surface area contributed by atoms with Crippen molar-refractivity contribution in [1.29, 1.82) is 0 Å². The minimum atomic E-state index is 0.0842. The van der Waals surface area contributed by atoms with Crippen molar-refractivity contribution in [3.63, 3.8) is 0 Å². The molecule has 17 heavy (non-hydrogen) atoms. The average Bonchev–Trinajstić information content (AvgIpc) is 2.66. The van der Waals surface area contributed by atoms with Gasteiger partial charge in [0.25, 0.3) is 0 Å². The number of nitrogens with zero attached hydrogens (tertiary/aromatic N) is 2. The summed E-state index contributed by atoms with van der Waals surface area (Å²) in [5.74, 6) is 1.21. The van der Waals surface area contributed by atoms with Gasteiger partial charge in [0.2, 0.25) is 5.95 Å². The number of nitrogens with two attached hydrogens (primary N) is 1. The highest BCUT2D eigenvalue weighted by Gasteiger charge is 2.13. The standard InChI is InChI=1S/C12H17N3O2/c1-8(16-2)7-15-9-5-4-6-10(17-3)11(9)14-12(15)13/h4-6,8H,7H2,1-3H3,(H2,13,14). The molecule has 0 saturated heterocycles. The summed E-state index contributed by atoms with van der Waals surface area (Å²) in [5, 5.41) is 0. The molecule has 2 aromatic rings. The van der Waals surface area contributed by atoms with E-state index in [1.807, 2.05) is 29.7 Å². The number of para-hydroxylation sites is 1. The second-order valence-corrected chi connectivity index (χ2v) is 3.95. The largest absolute Gasteiger partial charge is 0.494 e. The van der Waals surface area contributed by atoms with Crippen molar-refractivity contribution in [3.05, 3.63) is 18.2 Å². The molecule has 92 valence electrons. The fourth-order valence-corrected chi connectivity index (χ4v) is 1.83. The zero-order valence-corrected chi connectivity index (χ0v) is 10.3. The molecule has 1 aromatic carbocycles. The number of rotatable bonds is 4. The molecule has 2 rings (SSSR count). The van der Waals surface area contributed by atoms with Crippen LogP contribution >= 0.6 is 0 Å². The summed E-state index contributed by atoms with van der Waals surface area (Å²) in [7, 11) is 3.31. The van der Waals surface area contributed by atoms with Crippen LogP contribution in [0.15, 0.2) is 18.2 Å². The lowest BCUT2D eigenvalue weighted by Gasteiger charge is -2.12. The zero-order chi connectivity index (χ0) is 12.4. The lowest BCUT2D eigenvalue weighted by Crippen LogP contribution is -2.16. The minimum absolute atomic E-state index is 0.0842. The molecule has 0 bridgehead atoms. The van der Waals surface area contributed by atoms with Crippen molar-refractivity contribution in [1.82, 2.24) is 9.55 Å². The molecular formula is C12H17N3O2. The predicted molar refractivity (Wildman–Crippen MR) is 67.2 cm³/mol. The second kappa shape index (κ2) is 4.63. The van der Waals surface area contributed by atoms with Gasteiger partial charge in [-0.3, -0.25) is 0 Å². The molecule has 0 radical (unpaired) electrons. The Hall–Kier alpha value is -1.75. The summed E-state index contributed by atoms with van der Waals surface area (Å²) in [5.41, 5.74) is 7.67. The fraction of sp³-hybridized carbons (Fsp3) is 0.417. The Morgan fingerprint density at radius 1 is 1.41 bits per heavy atom. The molecule has 0 aliphatic heterocycles. The van der Waals surface area contributed by atoms with E-state index in [1.165, 1.54) is 0 Å². The van der Waals surface area contributed by atoms with Crippen molar-refractivity contribution < 1.29 is 9.47 Å². The van der Waals surface area contributed by atoms with E-state index < -0.39 is 0 Å². The van der Waals surface area contributed by atoms with Gasteiger partial charge in [0.05, 0.1) is 25.3 Å². The molecule has 0 fully saturated rings. The average molecular weight is 235 g/mol. The summed E-state index contributed by atoms with van der Waals surface area (Å²) >= 11 is 0. The maximum absolute atomic E-state index is 5.92. The van der Waals surface area contributed by atoms with Crippen LogP contribution in [0.5, 0.6) is 5.75 Å². The van der Waals surface area contributed by atoms with Gasteiger partial charge in [0, 0.05) is 7.11 Å². The SMILES string of the molecule is COc1cccc2c1nc(N)n2CC(C)OC. The number of imidazole rings is 1. The molecule has 1 aromatic heterocycles. The molecule has 5 nitrogen and oxygen atoms in total. The van der Waals surface area contributed by atoms with Gasteiger partial charge in [-0.25, -0.2) is 4.98 Å². The molecule has 2 N–H and O–H groups in total. The van der Waals surface area contributed by atoms with Crippen molar-refractivity contribution in [2.75, 3.05) is 20.0 Å². The Bertz CT molecular complexity index is 522. The van der Waals surface area contributed by atoms with Gasteiger partial charge < -0.3 is 19.8 Å². The first-order valence-electron chi connectivity index (χ1n) is 5.49. The third-order valence-corrected chi connectivity index (χ3v) is 2.83. The highest BCUT2D eigenvalue weighted by molar-refractivity contribution is 5.84. The van der Waals surface area contributed by atoms with Crippen LogP contribution in [0.1, 0.15) is 6.92 Å². The number of hydrogen-bond donors (Lipinski definition) is 1. The van der Waals surface area contributed by atoms with Crippen molar-refractivity contribution in [2.45, 2.75) is 19.6 Å². The number of anilines is 1. The number of benzene rings is 1. The first kappa shape index (κ1) is 11.7. The molecule has 1 unspecified atom stereocenters. The molecule has 0 aliphatic rings. The Morgan fingerprint density at radius 2 is 2.18 bits per heavy atom. The van der Waals surface area contributed by atoms with E-state index in [1.54, 1.807) is 14.2 Å². The first-order chi connectivity index (χ1) is 8.17. The minimum Gasteiger partial charge on any atom is -0.494 e. The summed E-state index contributed by atoms with van der Waals surface area (Å²) < 4.78 is 12.4. The summed E-state index contributed by atoms with van der Waals surface area (Å²) in [6, 6.07) is 5.78. The smallest absolute Gasteiger partial charge is 0.201 e. The van der Waals surface area contributed by atoms with E-state index in [4.69, 9.17) is 15.2 Å². The lowest BCUT2D eigenvalue weighted by atomic mass is 10.3. The maximum atomic E-state index is 5.92. The molecule has 1 atom stereocenters. The van der Waals surface area contributed by atoms with Gasteiger partial charge >= 0.3 is 0 Å². The number of nitrogen functional groups attached to an aromatic ring is 1. The van der Waals surface area contributed by atoms with Crippen LogP contribution in [0, 0.1) is 0 Å². The number of hydrogen-bond acceptors (Lipinski definition) is 4. The van der Waals surface area contributed by atoms with Crippen LogP contribution in [0.3, 0.4) is 0 Å². The van der Waals surface area contributed by atoms with Crippen LogP contribution in [-0.2, 0) is 11.3 Å². The second-order valence-electron chi connectivity index (χ2n) is 3.95. The van der Waals surface area contributed by atoms with E-state index in [-0.39, 0.29) is 6.10 Å². The van der Waals surface area contributed by atoms with E-state index in [0.717, 1.165) is 16.8 Å². The van der Waals surface area contributed by atoms with Gasteiger partial charge in [0.15, 0.2) is 0 Å². The fourth-order valence-electron chi connectivity index (χ4n) is 1.83. The van der Waals surface area contributed by atoms with Crippen LogP contribution in [0.2, 0.25) is 0 Å². The number of fused-ring (bicyclic) bond motifs is 1. The van der Waals surface area contributed by atoms with E-state index >= 15 is 0 Å². The quantitative estimate of drug-likeness (QED) is 0.875. The molecule has 1 heterocycles. The number of ether oxygens (including phenoxy) is 2. The summed E-state index contributed by atoms with van der Waals surface area (Å²) in [4.78, 5) is 4.33. The molecule has 5 heteroatoms. The monoisotopic (exact) mass is 235 g/mol. The normalized spacial score (nSPS) is 12.9. The van der Waals surface area contributed by atoms with Gasteiger partial charge in [-0.1, -0.05) is 6.07 Å². The van der Waals surface area contributed by atoms with Crippen LogP contribution in [-0.4, -0.2) is 29.9 Å². The summed E-state index contributed by atoms with van der Waals surface area (Å²) in [6.07, 6.45) is 0.0842. The van der Waals surface area contributed by atoms with Gasteiger partial charge in [-0.2, -0.15) is 0 Å². The van der Waals surface area contributed by atoms with Crippen molar-refractivity contribution in [2.24, 2.45) is 0 Å². The summed E-state index contributed by atoms with van der Waals surface area (Å²) in [6.45, 7) is 2.66. The topological polar surface area (TPSA) is 62.3 Å². The maximum Gasteiger partial charge on any atom is 0.201 e. The number of methoxy groups -OCH3 is 2. The van der Waals surface area contributed by atoms with Crippen LogP contribution in [0.4, 0.5) is 5.95 Å².